The molecule has 2 heteroatoms. The van der Waals surface area contributed by atoms with E-state index in [9.17, 15) is 0 Å². The highest BCUT2D eigenvalue weighted by molar-refractivity contribution is 5.15. The summed E-state index contributed by atoms with van der Waals surface area (Å²) in [5.74, 6) is 0. The lowest BCUT2D eigenvalue weighted by Gasteiger charge is -2.36. The normalized spacial score (nSPS) is 25.1. The van der Waals surface area contributed by atoms with Crippen LogP contribution in [0.3, 0.4) is 0 Å². The monoisotopic (exact) mass is 205 g/mol. The molecule has 1 aromatic carbocycles. The van der Waals surface area contributed by atoms with Crippen molar-refractivity contribution >= 4 is 0 Å². The van der Waals surface area contributed by atoms with Crippen LogP contribution in [0.25, 0.3) is 0 Å². The number of benzene rings is 1. The molecule has 1 aliphatic heterocycles. The molecule has 1 fully saturated rings. The smallest absolute Gasteiger partial charge is 0.0754 e. The van der Waals surface area contributed by atoms with E-state index in [4.69, 9.17) is 4.74 Å². The second-order valence-corrected chi connectivity index (χ2v) is 4.82. The van der Waals surface area contributed by atoms with Crippen LogP contribution in [0.15, 0.2) is 30.3 Å². The molecule has 1 aromatic rings. The zero-order valence-electron chi connectivity index (χ0n) is 9.49. The first-order valence-electron chi connectivity index (χ1n) is 5.58. The number of hydrogen-bond donors (Lipinski definition) is 1. The van der Waals surface area contributed by atoms with E-state index in [0.29, 0.717) is 6.10 Å². The van der Waals surface area contributed by atoms with Crippen LogP contribution in [-0.4, -0.2) is 24.8 Å². The van der Waals surface area contributed by atoms with Crippen LogP contribution in [0.4, 0.5) is 0 Å². The molecule has 0 bridgehead atoms. The minimum absolute atomic E-state index is 0.0301. The summed E-state index contributed by atoms with van der Waals surface area (Å²) in [6.45, 7) is 6.17. The molecule has 2 rings (SSSR count). The highest BCUT2D eigenvalue weighted by Crippen LogP contribution is 2.18. The van der Waals surface area contributed by atoms with Crippen LogP contribution in [0.5, 0.6) is 0 Å². The number of morpholine rings is 1. The third-order valence-corrected chi connectivity index (χ3v) is 2.71. The molecule has 2 nitrogen and oxygen atoms in total. The average molecular weight is 205 g/mol. The van der Waals surface area contributed by atoms with Crippen molar-refractivity contribution in [1.82, 2.24) is 5.32 Å². The molecule has 0 radical (unpaired) electrons. The van der Waals surface area contributed by atoms with E-state index in [-0.39, 0.29) is 5.60 Å². The molecule has 0 aromatic heterocycles. The largest absolute Gasteiger partial charge is 0.369 e. The molecule has 1 atom stereocenters. The van der Waals surface area contributed by atoms with E-state index in [1.165, 1.54) is 5.56 Å². The van der Waals surface area contributed by atoms with Gasteiger partial charge in [-0.2, -0.15) is 0 Å². The molecule has 0 aliphatic carbocycles. The van der Waals surface area contributed by atoms with Crippen molar-refractivity contribution in [2.45, 2.75) is 32.0 Å². The van der Waals surface area contributed by atoms with E-state index < -0.39 is 0 Å². The predicted molar refractivity (Wildman–Crippen MR) is 62.0 cm³/mol. The number of nitrogens with one attached hydrogen (secondary N) is 1. The summed E-state index contributed by atoms with van der Waals surface area (Å²) < 4.78 is 6.02. The molecule has 82 valence electrons. The van der Waals surface area contributed by atoms with Crippen LogP contribution in [-0.2, 0) is 11.2 Å². The maximum Gasteiger partial charge on any atom is 0.0754 e. The highest BCUT2D eigenvalue weighted by atomic mass is 16.5. The molecular weight excluding hydrogens is 186 g/mol. The predicted octanol–water partition coefficient (Wildman–Crippen LogP) is 2.00. The maximum atomic E-state index is 6.02. The van der Waals surface area contributed by atoms with Crippen molar-refractivity contribution in [3.63, 3.8) is 0 Å². The van der Waals surface area contributed by atoms with E-state index in [0.717, 1.165) is 19.5 Å². The van der Waals surface area contributed by atoms with Gasteiger partial charge in [0.05, 0.1) is 11.7 Å². The number of rotatable bonds is 2. The van der Waals surface area contributed by atoms with Gasteiger partial charge in [-0.05, 0) is 25.8 Å². The van der Waals surface area contributed by atoms with Crippen molar-refractivity contribution in [2.75, 3.05) is 13.1 Å². The quantitative estimate of drug-likeness (QED) is 0.797. The van der Waals surface area contributed by atoms with Gasteiger partial charge in [0, 0.05) is 13.1 Å². The summed E-state index contributed by atoms with van der Waals surface area (Å²) in [4.78, 5) is 0. The van der Waals surface area contributed by atoms with Crippen molar-refractivity contribution in [1.29, 1.82) is 0 Å². The second-order valence-electron chi connectivity index (χ2n) is 4.82. The number of hydrogen-bond acceptors (Lipinski definition) is 2. The second kappa shape index (κ2) is 4.33. The van der Waals surface area contributed by atoms with Gasteiger partial charge < -0.3 is 10.1 Å². The van der Waals surface area contributed by atoms with Crippen LogP contribution in [0.2, 0.25) is 0 Å². The van der Waals surface area contributed by atoms with Gasteiger partial charge in [0.15, 0.2) is 0 Å². The summed E-state index contributed by atoms with van der Waals surface area (Å²) in [7, 11) is 0. The van der Waals surface area contributed by atoms with Gasteiger partial charge in [-0.25, -0.2) is 0 Å². The van der Waals surface area contributed by atoms with Crippen LogP contribution < -0.4 is 5.32 Å². The summed E-state index contributed by atoms with van der Waals surface area (Å²) >= 11 is 0. The van der Waals surface area contributed by atoms with Gasteiger partial charge in [-0.15, -0.1) is 0 Å². The van der Waals surface area contributed by atoms with Gasteiger partial charge in [0.2, 0.25) is 0 Å². The Morgan fingerprint density at radius 3 is 2.73 bits per heavy atom. The molecule has 1 aliphatic rings. The van der Waals surface area contributed by atoms with E-state index >= 15 is 0 Å². The van der Waals surface area contributed by atoms with E-state index in [1.807, 2.05) is 6.07 Å². The van der Waals surface area contributed by atoms with Crippen LogP contribution in [0, 0.1) is 0 Å². The van der Waals surface area contributed by atoms with E-state index in [1.54, 1.807) is 0 Å². The van der Waals surface area contributed by atoms with Gasteiger partial charge in [-0.1, -0.05) is 30.3 Å². The minimum Gasteiger partial charge on any atom is -0.369 e. The summed E-state index contributed by atoms with van der Waals surface area (Å²) in [6, 6.07) is 10.5. The molecule has 0 spiro atoms. The fraction of sp³-hybridized carbons (Fsp3) is 0.538. The van der Waals surface area contributed by atoms with Crippen LogP contribution >= 0.6 is 0 Å². The summed E-state index contributed by atoms with van der Waals surface area (Å²) in [5, 5.41) is 3.42. The molecule has 15 heavy (non-hydrogen) atoms. The Kier molecular flexibility index (Phi) is 3.08. The topological polar surface area (TPSA) is 21.3 Å². The van der Waals surface area contributed by atoms with Crippen LogP contribution in [0.1, 0.15) is 19.4 Å². The van der Waals surface area contributed by atoms with Crippen molar-refractivity contribution in [3.8, 4) is 0 Å². The van der Waals surface area contributed by atoms with E-state index in [2.05, 4.69) is 43.4 Å². The Hall–Kier alpha value is -0.860. The Balaban J connectivity index is 1.95. The first kappa shape index (κ1) is 10.7. The standard InChI is InChI=1S/C13H19NO/c1-13(2)10-14-9-12(15-13)8-11-6-4-3-5-7-11/h3-7,12,14H,8-10H2,1-2H3. The van der Waals surface area contributed by atoms with Crippen molar-refractivity contribution in [2.24, 2.45) is 0 Å². The van der Waals surface area contributed by atoms with Gasteiger partial charge in [0.1, 0.15) is 0 Å². The molecule has 1 unspecified atom stereocenters. The Morgan fingerprint density at radius 2 is 2.07 bits per heavy atom. The number of ether oxygens (including phenoxy) is 1. The third kappa shape index (κ3) is 3.05. The molecule has 1 N–H and O–H groups in total. The Morgan fingerprint density at radius 1 is 1.33 bits per heavy atom. The first-order valence-corrected chi connectivity index (χ1v) is 5.58. The minimum atomic E-state index is -0.0301. The lowest BCUT2D eigenvalue weighted by molar-refractivity contribution is -0.0927. The SMILES string of the molecule is CC1(C)CNCC(Cc2ccccc2)O1. The fourth-order valence-corrected chi connectivity index (χ4v) is 2.06. The lowest BCUT2D eigenvalue weighted by Crippen LogP contribution is -2.51. The zero-order chi connectivity index (χ0) is 10.7. The average Bonchev–Trinajstić information content (AvgIpc) is 2.17. The Bertz CT molecular complexity index is 308. The Labute approximate surface area is 91.6 Å². The molecule has 0 saturated carbocycles. The van der Waals surface area contributed by atoms with Crippen molar-refractivity contribution in [3.05, 3.63) is 35.9 Å². The summed E-state index contributed by atoms with van der Waals surface area (Å²) in [5.41, 5.74) is 1.32. The zero-order valence-corrected chi connectivity index (χ0v) is 9.49. The summed E-state index contributed by atoms with van der Waals surface area (Å²) in [6.07, 6.45) is 1.30. The molecule has 1 heterocycles. The molecule has 0 amide bonds. The maximum absolute atomic E-state index is 6.02. The lowest BCUT2D eigenvalue weighted by atomic mass is 10.0. The first-order chi connectivity index (χ1) is 7.16. The molecular formula is C13H19NO. The highest BCUT2D eigenvalue weighted by Gasteiger charge is 2.27. The molecule has 1 saturated heterocycles. The van der Waals surface area contributed by atoms with Gasteiger partial charge >= 0.3 is 0 Å². The van der Waals surface area contributed by atoms with Crippen molar-refractivity contribution < 1.29 is 4.74 Å². The fourth-order valence-electron chi connectivity index (χ4n) is 2.06. The third-order valence-electron chi connectivity index (χ3n) is 2.71. The van der Waals surface area contributed by atoms with Gasteiger partial charge in [0.25, 0.3) is 0 Å². The van der Waals surface area contributed by atoms with Gasteiger partial charge in [-0.3, -0.25) is 0 Å².